The van der Waals surface area contributed by atoms with E-state index in [1.807, 2.05) is 13.8 Å². The van der Waals surface area contributed by atoms with E-state index < -0.39 is 0 Å². The molecule has 0 saturated carbocycles. The van der Waals surface area contributed by atoms with Crippen molar-refractivity contribution in [2.24, 2.45) is 0 Å². The fourth-order valence-electron chi connectivity index (χ4n) is 1.22. The Morgan fingerprint density at radius 3 is 2.19 bits per heavy atom. The second kappa shape index (κ2) is 11.4. The lowest BCUT2D eigenvalue weighted by Gasteiger charge is -2.17. The molecular formula is C13H27O3. The fraction of sp³-hybridized carbons (Fsp3) is 0.923. The van der Waals surface area contributed by atoms with Crippen LogP contribution < -0.4 is 0 Å². The Labute approximate surface area is 100 Å². The van der Waals surface area contributed by atoms with E-state index in [1.54, 1.807) is 0 Å². The zero-order chi connectivity index (χ0) is 12.2. The summed E-state index contributed by atoms with van der Waals surface area (Å²) in [7, 11) is 0. The molecule has 0 aliphatic carbocycles. The van der Waals surface area contributed by atoms with Gasteiger partial charge in [-0.3, -0.25) is 0 Å². The highest BCUT2D eigenvalue weighted by atomic mass is 16.7. The maximum absolute atomic E-state index is 5.62. The lowest BCUT2D eigenvalue weighted by Crippen LogP contribution is -2.19. The van der Waals surface area contributed by atoms with Crippen LogP contribution in [0, 0.1) is 6.92 Å². The average molecular weight is 231 g/mol. The van der Waals surface area contributed by atoms with Crippen LogP contribution in [0.4, 0.5) is 0 Å². The summed E-state index contributed by atoms with van der Waals surface area (Å²) in [5, 5.41) is 0. The van der Waals surface area contributed by atoms with E-state index >= 15 is 0 Å². The van der Waals surface area contributed by atoms with Gasteiger partial charge < -0.3 is 14.2 Å². The molecule has 97 valence electrons. The summed E-state index contributed by atoms with van der Waals surface area (Å²) in [6.07, 6.45) is 3.86. The van der Waals surface area contributed by atoms with Crippen molar-refractivity contribution in [3.63, 3.8) is 0 Å². The van der Waals surface area contributed by atoms with Gasteiger partial charge in [-0.05, 0) is 39.5 Å². The number of hydrogen-bond acceptors (Lipinski definition) is 3. The molecule has 1 atom stereocenters. The molecule has 16 heavy (non-hydrogen) atoms. The molecule has 0 saturated heterocycles. The number of hydrogen-bond donors (Lipinski definition) is 0. The van der Waals surface area contributed by atoms with Crippen molar-refractivity contribution in [2.75, 3.05) is 19.8 Å². The van der Waals surface area contributed by atoms with Crippen molar-refractivity contribution in [2.45, 2.75) is 58.8 Å². The highest BCUT2D eigenvalue weighted by Crippen LogP contribution is 2.05. The SMILES string of the molecule is [CH2]CCC(OCCC)OCCCOC(C)C. The van der Waals surface area contributed by atoms with E-state index in [1.165, 1.54) is 0 Å². The molecule has 0 spiro atoms. The molecule has 0 aliphatic heterocycles. The fourth-order valence-corrected chi connectivity index (χ4v) is 1.22. The van der Waals surface area contributed by atoms with Gasteiger partial charge in [0.15, 0.2) is 6.29 Å². The second-order valence-corrected chi connectivity index (χ2v) is 4.09. The molecule has 0 rings (SSSR count). The summed E-state index contributed by atoms with van der Waals surface area (Å²) in [6.45, 7) is 12.2. The Hall–Kier alpha value is -0.120. The van der Waals surface area contributed by atoms with E-state index in [0.717, 1.165) is 38.9 Å². The lowest BCUT2D eigenvalue weighted by atomic mass is 10.3. The summed E-state index contributed by atoms with van der Waals surface area (Å²) in [5.41, 5.74) is 0. The molecular weight excluding hydrogens is 204 g/mol. The third-order valence-corrected chi connectivity index (χ3v) is 1.99. The monoisotopic (exact) mass is 231 g/mol. The zero-order valence-corrected chi connectivity index (χ0v) is 11.0. The Bertz CT molecular complexity index is 137. The van der Waals surface area contributed by atoms with Gasteiger partial charge in [0.05, 0.1) is 12.7 Å². The van der Waals surface area contributed by atoms with E-state index in [0.29, 0.717) is 12.7 Å². The minimum Gasteiger partial charge on any atom is -0.379 e. The van der Waals surface area contributed by atoms with Gasteiger partial charge in [-0.15, -0.1) is 0 Å². The van der Waals surface area contributed by atoms with Crippen LogP contribution in [0.3, 0.4) is 0 Å². The summed E-state index contributed by atoms with van der Waals surface area (Å²) < 4.78 is 16.6. The van der Waals surface area contributed by atoms with Crippen molar-refractivity contribution in [3.05, 3.63) is 6.92 Å². The number of rotatable bonds is 11. The highest BCUT2D eigenvalue weighted by Gasteiger charge is 2.07. The third kappa shape index (κ3) is 10.4. The molecule has 3 heteroatoms. The van der Waals surface area contributed by atoms with Crippen molar-refractivity contribution in [3.8, 4) is 0 Å². The Morgan fingerprint density at radius 1 is 1.00 bits per heavy atom. The van der Waals surface area contributed by atoms with E-state index in [2.05, 4.69) is 13.8 Å². The van der Waals surface area contributed by atoms with Crippen LogP contribution in [0.2, 0.25) is 0 Å². The normalized spacial score (nSPS) is 13.3. The third-order valence-electron chi connectivity index (χ3n) is 1.99. The smallest absolute Gasteiger partial charge is 0.157 e. The first-order valence-electron chi connectivity index (χ1n) is 6.34. The summed E-state index contributed by atoms with van der Waals surface area (Å²) in [4.78, 5) is 0. The van der Waals surface area contributed by atoms with Crippen LogP contribution >= 0.6 is 0 Å². The zero-order valence-electron chi connectivity index (χ0n) is 11.0. The molecule has 0 aromatic rings. The minimum atomic E-state index is -0.0866. The van der Waals surface area contributed by atoms with Gasteiger partial charge in [-0.1, -0.05) is 13.8 Å². The van der Waals surface area contributed by atoms with Crippen molar-refractivity contribution in [1.82, 2.24) is 0 Å². The van der Waals surface area contributed by atoms with Gasteiger partial charge in [-0.25, -0.2) is 0 Å². The summed E-state index contributed by atoms with van der Waals surface area (Å²) >= 11 is 0. The first-order valence-corrected chi connectivity index (χ1v) is 6.34. The van der Waals surface area contributed by atoms with Crippen LogP contribution in [0.5, 0.6) is 0 Å². The Morgan fingerprint density at radius 2 is 1.62 bits per heavy atom. The molecule has 1 radical (unpaired) electrons. The Kier molecular flexibility index (Phi) is 11.3. The van der Waals surface area contributed by atoms with E-state index in [-0.39, 0.29) is 6.29 Å². The Balaban J connectivity index is 3.43. The molecule has 0 heterocycles. The summed E-state index contributed by atoms with van der Waals surface area (Å²) in [5.74, 6) is 0. The molecule has 0 bridgehead atoms. The van der Waals surface area contributed by atoms with Gasteiger partial charge in [0, 0.05) is 13.2 Å². The van der Waals surface area contributed by atoms with Crippen LogP contribution in [-0.2, 0) is 14.2 Å². The molecule has 3 nitrogen and oxygen atoms in total. The van der Waals surface area contributed by atoms with Gasteiger partial charge in [0.25, 0.3) is 0 Å². The van der Waals surface area contributed by atoms with E-state index in [4.69, 9.17) is 14.2 Å². The second-order valence-electron chi connectivity index (χ2n) is 4.09. The quantitative estimate of drug-likeness (QED) is 0.404. The van der Waals surface area contributed by atoms with Crippen LogP contribution in [0.15, 0.2) is 0 Å². The molecule has 0 aliphatic rings. The standard InChI is InChI=1S/C13H27O3/c1-5-8-13(15-9-6-2)16-11-7-10-14-12(3)4/h12-13H,1,5-11H2,2-4H3. The lowest BCUT2D eigenvalue weighted by molar-refractivity contribution is -0.148. The summed E-state index contributed by atoms with van der Waals surface area (Å²) in [6, 6.07) is 0. The van der Waals surface area contributed by atoms with E-state index in [9.17, 15) is 0 Å². The molecule has 0 fully saturated rings. The van der Waals surface area contributed by atoms with Gasteiger partial charge >= 0.3 is 0 Å². The topological polar surface area (TPSA) is 27.7 Å². The van der Waals surface area contributed by atoms with Crippen LogP contribution in [0.1, 0.15) is 46.5 Å². The van der Waals surface area contributed by atoms with Gasteiger partial charge in [0.2, 0.25) is 0 Å². The molecule has 0 aromatic carbocycles. The van der Waals surface area contributed by atoms with Gasteiger partial charge in [0.1, 0.15) is 0 Å². The maximum Gasteiger partial charge on any atom is 0.157 e. The first-order chi connectivity index (χ1) is 7.70. The minimum absolute atomic E-state index is 0.0866. The molecule has 1 unspecified atom stereocenters. The largest absolute Gasteiger partial charge is 0.379 e. The van der Waals surface area contributed by atoms with Crippen LogP contribution in [0.25, 0.3) is 0 Å². The van der Waals surface area contributed by atoms with Crippen molar-refractivity contribution in [1.29, 1.82) is 0 Å². The molecule has 0 N–H and O–H groups in total. The van der Waals surface area contributed by atoms with Gasteiger partial charge in [-0.2, -0.15) is 0 Å². The molecule has 0 aromatic heterocycles. The van der Waals surface area contributed by atoms with Crippen LogP contribution in [-0.4, -0.2) is 32.2 Å². The first kappa shape index (κ1) is 15.9. The highest BCUT2D eigenvalue weighted by molar-refractivity contribution is 4.49. The maximum atomic E-state index is 5.62. The number of ether oxygens (including phenoxy) is 3. The van der Waals surface area contributed by atoms with Crippen molar-refractivity contribution < 1.29 is 14.2 Å². The predicted molar refractivity (Wildman–Crippen MR) is 66.3 cm³/mol. The molecule has 0 amide bonds. The predicted octanol–water partition coefficient (Wildman–Crippen LogP) is 3.19. The average Bonchev–Trinajstić information content (AvgIpc) is 2.24. The van der Waals surface area contributed by atoms with Crippen molar-refractivity contribution >= 4 is 0 Å².